The summed E-state index contributed by atoms with van der Waals surface area (Å²) in [6.07, 6.45) is 0.440. The summed E-state index contributed by atoms with van der Waals surface area (Å²) in [4.78, 5) is 24.3. The molecular formula is C36H35NO7S. The number of nitrogens with one attached hydrogen (secondary N) is 1. The number of aliphatic hydroxyl groups is 1. The first-order valence-corrected chi connectivity index (χ1v) is 15.6. The van der Waals surface area contributed by atoms with Gasteiger partial charge in [-0.1, -0.05) is 85.5 Å². The highest BCUT2D eigenvalue weighted by Crippen LogP contribution is 2.40. The molecule has 3 atom stereocenters. The number of carboxylic acid groups (broad SMARTS) is 1. The molecule has 1 amide bonds. The molecule has 0 radical (unpaired) electrons. The molecule has 9 heteroatoms. The van der Waals surface area contributed by atoms with E-state index in [4.69, 9.17) is 14.2 Å². The molecule has 3 N–H and O–H groups in total. The summed E-state index contributed by atoms with van der Waals surface area (Å²) < 4.78 is 18.0. The second-order valence-corrected chi connectivity index (χ2v) is 11.6. The summed E-state index contributed by atoms with van der Waals surface area (Å²) in [5.74, 6) is -0.422. The number of alkyl carbamates (subject to hydrolysis) is 1. The number of carbonyl (C=O) groups excluding carboxylic acids is 1. The van der Waals surface area contributed by atoms with Crippen LogP contribution in [0.1, 0.15) is 51.4 Å². The van der Waals surface area contributed by atoms with E-state index in [0.29, 0.717) is 23.6 Å². The number of carboxylic acids is 1. The molecule has 1 aliphatic heterocycles. The lowest BCUT2D eigenvalue weighted by atomic mass is 9.99. The Morgan fingerprint density at radius 3 is 2.42 bits per heavy atom. The summed E-state index contributed by atoms with van der Waals surface area (Å²) in [6, 6.07) is 30.5. The molecule has 1 heterocycles. The van der Waals surface area contributed by atoms with Gasteiger partial charge in [0.25, 0.3) is 0 Å². The van der Waals surface area contributed by atoms with Crippen LogP contribution in [-0.2, 0) is 27.4 Å². The lowest BCUT2D eigenvalue weighted by molar-refractivity contribution is -0.245. The van der Waals surface area contributed by atoms with E-state index in [9.17, 15) is 19.8 Å². The van der Waals surface area contributed by atoms with Crippen LogP contribution in [0.3, 0.4) is 0 Å². The quantitative estimate of drug-likeness (QED) is 0.111. The molecular weight excluding hydrogens is 590 g/mol. The van der Waals surface area contributed by atoms with E-state index in [1.165, 1.54) is 17.8 Å². The Bertz CT molecular complexity index is 1620. The van der Waals surface area contributed by atoms with Crippen LogP contribution in [0.4, 0.5) is 4.79 Å². The molecule has 0 unspecified atom stereocenters. The summed E-state index contributed by atoms with van der Waals surface area (Å²) in [6.45, 7) is 3.97. The van der Waals surface area contributed by atoms with Crippen molar-refractivity contribution in [1.82, 2.24) is 5.32 Å². The lowest BCUT2D eigenvalue weighted by Gasteiger charge is -2.36. The van der Waals surface area contributed by atoms with Crippen molar-refractivity contribution >= 4 is 23.8 Å². The number of hydrogen-bond donors (Lipinski definition) is 3. The predicted octanol–water partition coefficient (Wildman–Crippen LogP) is 7.29. The number of benzene rings is 4. The van der Waals surface area contributed by atoms with Crippen LogP contribution in [0.15, 0.2) is 115 Å². The Morgan fingerprint density at radius 1 is 0.911 bits per heavy atom. The first kappa shape index (κ1) is 32.0. The zero-order valence-electron chi connectivity index (χ0n) is 24.6. The van der Waals surface area contributed by atoms with Crippen molar-refractivity contribution in [3.63, 3.8) is 0 Å². The number of aliphatic hydroxyl groups excluding tert-OH is 1. The van der Waals surface area contributed by atoms with Crippen LogP contribution >= 0.6 is 11.8 Å². The summed E-state index contributed by atoms with van der Waals surface area (Å²) in [7, 11) is 0. The molecule has 4 aromatic carbocycles. The summed E-state index contributed by atoms with van der Waals surface area (Å²) in [5, 5.41) is 21.9. The molecule has 8 nitrogen and oxygen atoms in total. The Hall–Kier alpha value is -4.41. The molecule has 5 rings (SSSR count). The van der Waals surface area contributed by atoms with Crippen molar-refractivity contribution in [1.29, 1.82) is 0 Å². The van der Waals surface area contributed by atoms with Crippen LogP contribution in [0.25, 0.3) is 11.1 Å². The fourth-order valence-electron chi connectivity index (χ4n) is 5.06. The highest BCUT2D eigenvalue weighted by Gasteiger charge is 2.32. The summed E-state index contributed by atoms with van der Waals surface area (Å²) in [5.41, 5.74) is 5.76. The third kappa shape index (κ3) is 8.61. The molecule has 1 fully saturated rings. The van der Waals surface area contributed by atoms with Gasteiger partial charge in [0.1, 0.15) is 6.61 Å². The number of thioether (sulfide) groups is 1. The maximum absolute atomic E-state index is 11.9. The van der Waals surface area contributed by atoms with Crippen molar-refractivity contribution in [2.24, 2.45) is 0 Å². The maximum atomic E-state index is 11.9. The minimum atomic E-state index is -0.963. The van der Waals surface area contributed by atoms with Gasteiger partial charge in [-0.15, -0.1) is 11.8 Å². The van der Waals surface area contributed by atoms with Gasteiger partial charge in [-0.05, 0) is 52.1 Å². The highest BCUT2D eigenvalue weighted by atomic mass is 32.2. The van der Waals surface area contributed by atoms with Gasteiger partial charge >= 0.3 is 12.1 Å². The van der Waals surface area contributed by atoms with Gasteiger partial charge in [-0.2, -0.15) is 0 Å². The van der Waals surface area contributed by atoms with Crippen molar-refractivity contribution in [2.75, 3.05) is 12.4 Å². The average molecular weight is 626 g/mol. The van der Waals surface area contributed by atoms with Crippen LogP contribution in [0.2, 0.25) is 0 Å². The molecule has 1 saturated heterocycles. The number of aromatic carboxylic acids is 1. The first-order chi connectivity index (χ1) is 21.9. The molecule has 1 aliphatic rings. The van der Waals surface area contributed by atoms with E-state index in [0.717, 1.165) is 33.4 Å². The zero-order valence-corrected chi connectivity index (χ0v) is 25.5. The van der Waals surface area contributed by atoms with Crippen molar-refractivity contribution < 1.29 is 34.0 Å². The van der Waals surface area contributed by atoms with Crippen LogP contribution < -0.4 is 5.32 Å². The van der Waals surface area contributed by atoms with E-state index < -0.39 is 18.4 Å². The Kier molecular flexibility index (Phi) is 11.1. The van der Waals surface area contributed by atoms with Gasteiger partial charge in [0.05, 0.1) is 24.4 Å². The lowest BCUT2D eigenvalue weighted by Crippen LogP contribution is -2.31. The molecule has 0 aromatic heterocycles. The van der Waals surface area contributed by atoms with Gasteiger partial charge in [-0.25, -0.2) is 9.59 Å². The summed E-state index contributed by atoms with van der Waals surface area (Å²) >= 11 is 1.46. The maximum Gasteiger partial charge on any atom is 0.407 e. The van der Waals surface area contributed by atoms with Crippen LogP contribution in [0.5, 0.6) is 0 Å². The monoisotopic (exact) mass is 625 g/mol. The first-order valence-electron chi connectivity index (χ1n) is 14.6. The van der Waals surface area contributed by atoms with Crippen molar-refractivity contribution in [3.05, 3.63) is 138 Å². The van der Waals surface area contributed by atoms with E-state index in [2.05, 4.69) is 11.9 Å². The molecule has 232 valence electrons. The minimum Gasteiger partial charge on any atom is -0.478 e. The number of amides is 1. The highest BCUT2D eigenvalue weighted by molar-refractivity contribution is 7.99. The molecule has 0 bridgehead atoms. The van der Waals surface area contributed by atoms with Crippen LogP contribution in [-0.4, -0.2) is 40.7 Å². The van der Waals surface area contributed by atoms with E-state index >= 15 is 0 Å². The predicted molar refractivity (Wildman–Crippen MR) is 173 cm³/mol. The third-order valence-electron chi connectivity index (χ3n) is 7.35. The fraction of sp³-hybridized carbons (Fsp3) is 0.222. The topological polar surface area (TPSA) is 114 Å². The second-order valence-electron chi connectivity index (χ2n) is 10.5. The molecule has 0 spiro atoms. The van der Waals surface area contributed by atoms with Crippen molar-refractivity contribution in [3.8, 4) is 11.1 Å². The smallest absolute Gasteiger partial charge is 0.407 e. The van der Waals surface area contributed by atoms with Gasteiger partial charge in [0, 0.05) is 29.2 Å². The largest absolute Gasteiger partial charge is 0.478 e. The second kappa shape index (κ2) is 15.5. The minimum absolute atomic E-state index is 0.0384. The molecule has 0 saturated carbocycles. The van der Waals surface area contributed by atoms with Crippen molar-refractivity contribution in [2.45, 2.75) is 43.0 Å². The van der Waals surface area contributed by atoms with Gasteiger partial charge in [-0.3, -0.25) is 0 Å². The van der Waals surface area contributed by atoms with Gasteiger partial charge in [0.2, 0.25) is 0 Å². The zero-order chi connectivity index (χ0) is 31.6. The third-order valence-corrected chi connectivity index (χ3v) is 8.55. The Labute approximate surface area is 266 Å². The van der Waals surface area contributed by atoms with Crippen LogP contribution in [0, 0.1) is 0 Å². The van der Waals surface area contributed by atoms with E-state index in [1.54, 1.807) is 12.1 Å². The normalized spacial score (nSPS) is 17.8. The molecule has 45 heavy (non-hydrogen) atoms. The van der Waals surface area contributed by atoms with Gasteiger partial charge in [0.15, 0.2) is 6.29 Å². The average Bonchev–Trinajstić information content (AvgIpc) is 3.09. The number of hydrogen-bond acceptors (Lipinski definition) is 7. The van der Waals surface area contributed by atoms with E-state index in [1.807, 2.05) is 84.9 Å². The SMILES string of the molecule is C=CCOC(=O)NCc1cccc(-c2cccc([C@H]3O[C@@H](CSc4ccccc4C(=O)O)C[C@@H](c4ccc(CO)cc4)O3)c2)c1. The fourth-order valence-corrected chi connectivity index (χ4v) is 6.13. The Morgan fingerprint density at radius 2 is 1.67 bits per heavy atom. The van der Waals surface area contributed by atoms with Gasteiger partial charge < -0.3 is 29.7 Å². The standard InChI is InChI=1S/C36H35NO7S/c1-2-17-42-36(41)37-21-25-7-5-8-27(18-25)28-9-6-10-29(19-28)35-43-30(23-45-33-12-4-3-11-31(33)34(39)40)20-32(44-35)26-15-13-24(22-38)14-16-26/h2-16,18-19,30,32,35,38H,1,17,20-23H2,(H,37,41)(H,39,40)/t30-,32+,35+/m1/s1. The number of rotatable bonds is 12. The number of ether oxygens (including phenoxy) is 3. The Balaban J connectivity index is 1.36. The van der Waals surface area contributed by atoms with E-state index in [-0.39, 0.29) is 31.0 Å². The number of carbonyl (C=O) groups is 2. The molecule has 4 aromatic rings. The molecule has 0 aliphatic carbocycles.